The van der Waals surface area contributed by atoms with Crippen LogP contribution in [-0.2, 0) is 21.6 Å². The molecule has 1 aromatic rings. The van der Waals surface area contributed by atoms with Crippen LogP contribution in [0.3, 0.4) is 0 Å². The molecule has 0 spiro atoms. The third kappa shape index (κ3) is 4.47. The summed E-state index contributed by atoms with van der Waals surface area (Å²) in [5, 5.41) is 2.31. The normalized spacial score (nSPS) is 14.0. The monoisotopic (exact) mass is 363 g/mol. The first-order chi connectivity index (χ1) is 9.06. The fourth-order valence-corrected chi connectivity index (χ4v) is 5.12. The first-order valence-electron chi connectivity index (χ1n) is 6.98. The number of hydrogen-bond acceptors (Lipinski definition) is 1. The van der Waals surface area contributed by atoms with Gasteiger partial charge >= 0.3 is 124 Å². The van der Waals surface area contributed by atoms with Crippen molar-refractivity contribution in [2.45, 2.75) is 39.3 Å². The van der Waals surface area contributed by atoms with E-state index in [1.54, 1.807) is 0 Å². The van der Waals surface area contributed by atoms with Crippen LogP contribution in [0.25, 0.3) is 5.57 Å². The summed E-state index contributed by atoms with van der Waals surface area (Å²) in [6.45, 7) is 9.67. The molecule has 1 aliphatic rings. The molecule has 0 amide bonds. The van der Waals surface area contributed by atoms with Crippen LogP contribution >= 0.6 is 24.8 Å². The molecule has 0 aliphatic heterocycles. The van der Waals surface area contributed by atoms with Gasteiger partial charge in [-0.05, 0) is 0 Å². The van der Waals surface area contributed by atoms with Gasteiger partial charge in [-0.15, -0.1) is 24.8 Å². The van der Waals surface area contributed by atoms with Crippen molar-refractivity contribution in [2.75, 3.05) is 6.61 Å². The van der Waals surface area contributed by atoms with E-state index in [2.05, 4.69) is 57.2 Å². The van der Waals surface area contributed by atoms with Crippen molar-refractivity contribution in [3.8, 4) is 0 Å². The zero-order chi connectivity index (χ0) is 14.0. The largest absolute Gasteiger partial charge is 0.147 e. The number of halogens is 2. The van der Waals surface area contributed by atoms with Crippen LogP contribution in [0, 0.1) is 0 Å². The van der Waals surface area contributed by atoms with E-state index in [1.165, 1.54) is 31.7 Å². The molecule has 0 aromatic heterocycles. The summed E-state index contributed by atoms with van der Waals surface area (Å²) in [7, 11) is 0. The minimum Gasteiger partial charge on any atom is -0.147 e. The van der Waals surface area contributed by atoms with Crippen molar-refractivity contribution < 1.29 is 21.6 Å². The van der Waals surface area contributed by atoms with Crippen LogP contribution in [0.1, 0.15) is 39.7 Å². The van der Waals surface area contributed by atoms with Crippen LogP contribution in [0.15, 0.2) is 41.0 Å². The zero-order valence-electron chi connectivity index (χ0n) is 13.4. The number of rotatable bonds is 4. The van der Waals surface area contributed by atoms with E-state index >= 15 is 0 Å². The smallest absolute Gasteiger partial charge is 0.147 e. The van der Waals surface area contributed by atoms with Gasteiger partial charge in [0.2, 0.25) is 0 Å². The molecule has 0 saturated carbocycles. The number of allylic oxidation sites excluding steroid dienone is 4. The second-order valence-corrected chi connectivity index (χ2v) is 8.25. The SMILES string of the molecule is CC[O][Ti]([CH3])[c]1ccccc1C1=C(C)C(C)=C(C)C1.Cl.Cl. The van der Waals surface area contributed by atoms with Crippen molar-refractivity contribution in [1.82, 2.24) is 0 Å². The minimum absolute atomic E-state index is 0. The summed E-state index contributed by atoms with van der Waals surface area (Å²) >= 11 is -1.56. The third-order valence-electron chi connectivity index (χ3n) is 4.09. The molecule has 21 heavy (non-hydrogen) atoms. The van der Waals surface area contributed by atoms with Crippen molar-refractivity contribution in [2.24, 2.45) is 0 Å². The summed E-state index contributed by atoms with van der Waals surface area (Å²) in [5.74, 6) is 0. The Morgan fingerprint density at radius 2 is 1.67 bits per heavy atom. The van der Waals surface area contributed by atoms with Gasteiger partial charge in [-0.25, -0.2) is 0 Å². The van der Waals surface area contributed by atoms with Crippen LogP contribution < -0.4 is 3.87 Å². The van der Waals surface area contributed by atoms with E-state index in [4.69, 9.17) is 3.32 Å². The van der Waals surface area contributed by atoms with E-state index in [1.807, 2.05) is 0 Å². The quantitative estimate of drug-likeness (QED) is 0.660. The molecule has 0 radical (unpaired) electrons. The Kier molecular flexibility index (Phi) is 9.15. The zero-order valence-corrected chi connectivity index (χ0v) is 16.6. The maximum atomic E-state index is 5.95. The molecule has 117 valence electrons. The Morgan fingerprint density at radius 1 is 1.05 bits per heavy atom. The van der Waals surface area contributed by atoms with Crippen molar-refractivity contribution in [3.05, 3.63) is 46.5 Å². The molecular weight excluding hydrogens is 339 g/mol. The van der Waals surface area contributed by atoms with E-state index < -0.39 is 18.3 Å². The van der Waals surface area contributed by atoms with Crippen LogP contribution in [0.2, 0.25) is 5.23 Å². The average molecular weight is 364 g/mol. The van der Waals surface area contributed by atoms with Gasteiger partial charge in [0.15, 0.2) is 0 Å². The van der Waals surface area contributed by atoms with Gasteiger partial charge in [-0.3, -0.25) is 0 Å². The Labute approximate surface area is 148 Å². The van der Waals surface area contributed by atoms with Crippen LogP contribution in [0.4, 0.5) is 0 Å². The molecule has 0 fully saturated rings. The summed E-state index contributed by atoms with van der Waals surface area (Å²) in [6, 6.07) is 8.84. The molecule has 0 saturated heterocycles. The number of hydrogen-bond donors (Lipinski definition) is 0. The Bertz CT molecular complexity index is 549. The molecule has 1 aromatic carbocycles. The standard InChI is InChI=1S/C14H15.C2H5O.CH3.2ClH.Ti/c1-10-9-14(12(3)11(10)2)13-7-5-4-6-8-13;1-2-3;;;;/h4-7H,9H2,1-3H3;2H2,1H3;1H3;2*1H;/q;-1;;;;+1. The Morgan fingerprint density at radius 3 is 2.19 bits per heavy atom. The fourth-order valence-electron chi connectivity index (χ4n) is 2.72. The van der Waals surface area contributed by atoms with Crippen LogP contribution in [-0.4, -0.2) is 6.61 Å². The summed E-state index contributed by atoms with van der Waals surface area (Å²) < 4.78 is 7.42. The Balaban J connectivity index is 0.00000200. The summed E-state index contributed by atoms with van der Waals surface area (Å²) in [6.07, 6.45) is 1.10. The Hall–Kier alpha value is -0.0457. The molecule has 4 heteroatoms. The average Bonchev–Trinajstić information content (AvgIpc) is 2.67. The van der Waals surface area contributed by atoms with E-state index in [-0.39, 0.29) is 24.8 Å². The molecule has 0 heterocycles. The van der Waals surface area contributed by atoms with E-state index in [9.17, 15) is 0 Å². The molecular formula is C17H25Cl2OTi. The van der Waals surface area contributed by atoms with Gasteiger partial charge in [0.05, 0.1) is 0 Å². The van der Waals surface area contributed by atoms with Gasteiger partial charge in [0.1, 0.15) is 0 Å². The van der Waals surface area contributed by atoms with Crippen molar-refractivity contribution >= 4 is 34.3 Å². The van der Waals surface area contributed by atoms with Gasteiger partial charge in [-0.1, -0.05) is 0 Å². The molecule has 0 bridgehead atoms. The maximum absolute atomic E-state index is 5.95. The molecule has 0 atom stereocenters. The maximum Gasteiger partial charge on any atom is -0.147 e. The van der Waals surface area contributed by atoms with Crippen LogP contribution in [0.5, 0.6) is 0 Å². The van der Waals surface area contributed by atoms with Gasteiger partial charge in [0.25, 0.3) is 0 Å². The molecule has 0 N–H and O–H groups in total. The summed E-state index contributed by atoms with van der Waals surface area (Å²) in [4.78, 5) is 0. The summed E-state index contributed by atoms with van der Waals surface area (Å²) in [5.41, 5.74) is 7.39. The third-order valence-corrected chi connectivity index (χ3v) is 7.08. The van der Waals surface area contributed by atoms with Crippen molar-refractivity contribution in [3.63, 3.8) is 0 Å². The minimum atomic E-state index is -1.56. The van der Waals surface area contributed by atoms with Gasteiger partial charge < -0.3 is 0 Å². The molecule has 1 aliphatic carbocycles. The topological polar surface area (TPSA) is 9.23 Å². The molecule has 2 rings (SSSR count). The second-order valence-electron chi connectivity index (χ2n) is 5.22. The predicted octanol–water partition coefficient (Wildman–Crippen LogP) is 5.29. The first-order valence-corrected chi connectivity index (χ1v) is 9.96. The van der Waals surface area contributed by atoms with E-state index in [0.717, 1.165) is 13.0 Å². The van der Waals surface area contributed by atoms with Gasteiger partial charge in [0, 0.05) is 0 Å². The molecule has 1 nitrogen and oxygen atoms in total. The molecule has 0 unspecified atom stereocenters. The second kappa shape index (κ2) is 9.17. The predicted molar refractivity (Wildman–Crippen MR) is 93.6 cm³/mol. The fraction of sp³-hybridized carbons (Fsp3) is 0.412. The van der Waals surface area contributed by atoms with E-state index in [0.29, 0.717) is 0 Å². The van der Waals surface area contributed by atoms with Crippen molar-refractivity contribution in [1.29, 1.82) is 0 Å². The number of benzene rings is 1. The first kappa shape index (κ1) is 21.0. The van der Waals surface area contributed by atoms with Gasteiger partial charge in [-0.2, -0.15) is 0 Å².